The minimum atomic E-state index is -0.781. The first-order valence-electron chi connectivity index (χ1n) is 9.46. The number of imide groups is 2. The van der Waals surface area contributed by atoms with Crippen LogP contribution in [0.4, 0.5) is 10.5 Å². The maximum atomic E-state index is 13.0. The molecule has 0 unspecified atom stereocenters. The van der Waals surface area contributed by atoms with Crippen molar-refractivity contribution in [1.29, 1.82) is 0 Å². The smallest absolute Gasteiger partial charge is 0.335 e. The summed E-state index contributed by atoms with van der Waals surface area (Å²) >= 11 is 3.49. The van der Waals surface area contributed by atoms with E-state index in [9.17, 15) is 14.4 Å². The predicted octanol–water partition coefficient (Wildman–Crippen LogP) is 4.69. The van der Waals surface area contributed by atoms with Gasteiger partial charge < -0.3 is 4.74 Å². The molecule has 1 N–H and O–H groups in total. The van der Waals surface area contributed by atoms with Gasteiger partial charge in [0, 0.05) is 15.6 Å². The number of hydrogen-bond acceptors (Lipinski definition) is 4. The lowest BCUT2D eigenvalue weighted by Gasteiger charge is -2.26. The van der Waals surface area contributed by atoms with E-state index in [1.54, 1.807) is 54.6 Å². The van der Waals surface area contributed by atoms with Crippen molar-refractivity contribution in [2.45, 2.75) is 6.61 Å². The van der Waals surface area contributed by atoms with Gasteiger partial charge in [-0.2, -0.15) is 0 Å². The molecule has 4 rings (SSSR count). The Morgan fingerprint density at radius 3 is 2.32 bits per heavy atom. The Labute approximate surface area is 187 Å². The zero-order valence-corrected chi connectivity index (χ0v) is 17.8. The minimum Gasteiger partial charge on any atom is -0.488 e. The van der Waals surface area contributed by atoms with E-state index in [2.05, 4.69) is 21.2 Å². The Hall–Kier alpha value is -3.71. The minimum absolute atomic E-state index is 0.152. The first-order chi connectivity index (χ1) is 15.0. The number of halogens is 1. The Balaban J connectivity index is 1.64. The fraction of sp³-hybridized carbons (Fsp3) is 0.0417. The third-order valence-electron chi connectivity index (χ3n) is 4.68. The zero-order valence-electron chi connectivity index (χ0n) is 16.2. The van der Waals surface area contributed by atoms with E-state index in [1.165, 1.54) is 6.08 Å². The quantitative estimate of drug-likeness (QED) is 0.427. The van der Waals surface area contributed by atoms with Gasteiger partial charge in [-0.05, 0) is 30.3 Å². The molecule has 4 amide bonds. The fourth-order valence-corrected chi connectivity index (χ4v) is 3.53. The van der Waals surface area contributed by atoms with Crippen LogP contribution in [0.5, 0.6) is 5.75 Å². The van der Waals surface area contributed by atoms with Gasteiger partial charge in [0.2, 0.25) is 0 Å². The average molecular weight is 477 g/mol. The standard InChI is InChI=1S/C24H17BrN2O4/c25-20-12-6-4-9-17(20)15-31-21-13-7-5-8-16(21)14-19-22(28)26-24(30)27(23(19)29)18-10-2-1-3-11-18/h1-14H,15H2,(H,26,28,30)/b19-14+. The SMILES string of the molecule is O=C1NC(=O)N(c2ccccc2)C(=O)/C1=C/c1ccccc1OCc1ccccc1Br. The molecule has 0 atom stereocenters. The van der Waals surface area contributed by atoms with Gasteiger partial charge in [0.15, 0.2) is 0 Å². The molecule has 1 aliphatic heterocycles. The van der Waals surface area contributed by atoms with Crippen molar-refractivity contribution in [3.8, 4) is 5.75 Å². The summed E-state index contributed by atoms with van der Waals surface area (Å²) in [6, 6.07) is 22.4. The molecule has 0 bridgehead atoms. The monoisotopic (exact) mass is 476 g/mol. The maximum absolute atomic E-state index is 13.0. The fourth-order valence-electron chi connectivity index (χ4n) is 3.13. The molecule has 0 spiro atoms. The molecule has 6 nitrogen and oxygen atoms in total. The van der Waals surface area contributed by atoms with Crippen LogP contribution in [-0.4, -0.2) is 17.8 Å². The number of rotatable bonds is 5. The second-order valence-corrected chi connectivity index (χ2v) is 7.57. The molecule has 31 heavy (non-hydrogen) atoms. The molecule has 1 heterocycles. The van der Waals surface area contributed by atoms with Gasteiger partial charge >= 0.3 is 6.03 Å². The highest BCUT2D eigenvalue weighted by molar-refractivity contribution is 9.10. The summed E-state index contributed by atoms with van der Waals surface area (Å²) in [6.07, 6.45) is 1.44. The van der Waals surface area contributed by atoms with Gasteiger partial charge in [0.25, 0.3) is 11.8 Å². The molecule has 7 heteroatoms. The number of urea groups is 1. The van der Waals surface area contributed by atoms with Crippen LogP contribution in [-0.2, 0) is 16.2 Å². The Kier molecular flexibility index (Phi) is 5.95. The summed E-state index contributed by atoms with van der Waals surface area (Å²) in [4.78, 5) is 38.7. The van der Waals surface area contributed by atoms with E-state index in [0.717, 1.165) is 14.9 Å². The molecular formula is C24H17BrN2O4. The summed E-state index contributed by atoms with van der Waals surface area (Å²) in [5.41, 5.74) is 1.73. The van der Waals surface area contributed by atoms with Gasteiger partial charge in [0.05, 0.1) is 5.69 Å². The molecule has 1 fully saturated rings. The maximum Gasteiger partial charge on any atom is 0.335 e. The van der Waals surface area contributed by atoms with Gasteiger partial charge in [-0.1, -0.05) is 70.5 Å². The number of anilines is 1. The van der Waals surface area contributed by atoms with Crippen molar-refractivity contribution in [1.82, 2.24) is 5.32 Å². The Bertz CT molecular complexity index is 1190. The predicted molar refractivity (Wildman–Crippen MR) is 120 cm³/mol. The van der Waals surface area contributed by atoms with E-state index >= 15 is 0 Å². The van der Waals surface area contributed by atoms with Gasteiger partial charge in [0.1, 0.15) is 17.9 Å². The van der Waals surface area contributed by atoms with Crippen LogP contribution in [0.15, 0.2) is 88.9 Å². The van der Waals surface area contributed by atoms with Crippen LogP contribution < -0.4 is 15.0 Å². The molecule has 1 saturated heterocycles. The molecule has 0 aromatic heterocycles. The number of barbiturate groups is 1. The van der Waals surface area contributed by atoms with E-state index in [1.807, 2.05) is 24.3 Å². The number of nitrogens with one attached hydrogen (secondary N) is 1. The Morgan fingerprint density at radius 1 is 0.871 bits per heavy atom. The highest BCUT2D eigenvalue weighted by Crippen LogP contribution is 2.26. The van der Waals surface area contributed by atoms with Crippen molar-refractivity contribution in [2.24, 2.45) is 0 Å². The number of benzene rings is 3. The van der Waals surface area contributed by atoms with Crippen LogP contribution in [0.2, 0.25) is 0 Å². The number of amides is 4. The van der Waals surface area contributed by atoms with Crippen LogP contribution in [0.1, 0.15) is 11.1 Å². The lowest BCUT2D eigenvalue weighted by molar-refractivity contribution is -0.122. The number of carbonyl (C=O) groups excluding carboxylic acids is 3. The summed E-state index contributed by atoms with van der Waals surface area (Å²) < 4.78 is 6.87. The number of carbonyl (C=O) groups is 3. The third-order valence-corrected chi connectivity index (χ3v) is 5.45. The van der Waals surface area contributed by atoms with Gasteiger partial charge in [-0.25, -0.2) is 9.69 Å². The molecule has 3 aromatic rings. The highest BCUT2D eigenvalue weighted by atomic mass is 79.9. The average Bonchev–Trinajstić information content (AvgIpc) is 2.77. The number of nitrogens with zero attached hydrogens (tertiary/aromatic N) is 1. The second kappa shape index (κ2) is 8.97. The van der Waals surface area contributed by atoms with E-state index < -0.39 is 17.8 Å². The molecule has 0 aliphatic carbocycles. The number of ether oxygens (including phenoxy) is 1. The van der Waals surface area contributed by atoms with Crippen molar-refractivity contribution in [2.75, 3.05) is 4.90 Å². The molecule has 3 aromatic carbocycles. The Morgan fingerprint density at radius 2 is 1.55 bits per heavy atom. The molecule has 0 saturated carbocycles. The second-order valence-electron chi connectivity index (χ2n) is 6.71. The lowest BCUT2D eigenvalue weighted by Crippen LogP contribution is -2.54. The molecule has 0 radical (unpaired) electrons. The van der Waals surface area contributed by atoms with Crippen LogP contribution in [0, 0.1) is 0 Å². The van der Waals surface area contributed by atoms with E-state index in [-0.39, 0.29) is 5.57 Å². The van der Waals surface area contributed by atoms with E-state index in [4.69, 9.17) is 4.74 Å². The van der Waals surface area contributed by atoms with Crippen molar-refractivity contribution in [3.63, 3.8) is 0 Å². The van der Waals surface area contributed by atoms with Crippen LogP contribution in [0.25, 0.3) is 6.08 Å². The lowest BCUT2D eigenvalue weighted by atomic mass is 10.1. The number of hydrogen-bond donors (Lipinski definition) is 1. The van der Waals surface area contributed by atoms with Crippen molar-refractivity contribution >= 4 is 45.5 Å². The topological polar surface area (TPSA) is 75.7 Å². The molecule has 1 aliphatic rings. The normalized spacial score (nSPS) is 15.2. The molecule has 154 valence electrons. The summed E-state index contributed by atoms with van der Waals surface area (Å²) in [6.45, 7) is 0.302. The van der Waals surface area contributed by atoms with Crippen LogP contribution in [0.3, 0.4) is 0 Å². The summed E-state index contributed by atoms with van der Waals surface area (Å²) in [5, 5.41) is 2.23. The third kappa shape index (κ3) is 4.41. The van der Waals surface area contributed by atoms with Crippen molar-refractivity contribution < 1.29 is 19.1 Å². The van der Waals surface area contributed by atoms with Gasteiger partial charge in [-0.3, -0.25) is 14.9 Å². The number of para-hydroxylation sites is 2. The first kappa shape index (κ1) is 20.6. The van der Waals surface area contributed by atoms with Crippen molar-refractivity contribution in [3.05, 3.63) is 100 Å². The summed E-state index contributed by atoms with van der Waals surface area (Å²) in [5.74, 6) is -0.933. The van der Waals surface area contributed by atoms with Crippen LogP contribution >= 0.6 is 15.9 Å². The van der Waals surface area contributed by atoms with E-state index in [0.29, 0.717) is 23.6 Å². The summed E-state index contributed by atoms with van der Waals surface area (Å²) in [7, 11) is 0. The largest absolute Gasteiger partial charge is 0.488 e. The zero-order chi connectivity index (χ0) is 21.8. The molecular weight excluding hydrogens is 460 g/mol. The van der Waals surface area contributed by atoms with Gasteiger partial charge in [-0.15, -0.1) is 0 Å². The highest BCUT2D eigenvalue weighted by Gasteiger charge is 2.36. The first-order valence-corrected chi connectivity index (χ1v) is 10.3.